The van der Waals surface area contributed by atoms with Crippen LogP contribution in [0.5, 0.6) is 0 Å². The highest BCUT2D eigenvalue weighted by Gasteiger charge is 2.47. The predicted molar refractivity (Wildman–Crippen MR) is 233 cm³/mol. The summed E-state index contributed by atoms with van der Waals surface area (Å²) >= 11 is 0. The molecule has 0 atom stereocenters. The second-order valence-electron chi connectivity index (χ2n) is 15.0. The molecule has 268 valence electrons. The van der Waals surface area contributed by atoms with Crippen LogP contribution >= 0.6 is 0 Å². The highest BCUT2D eigenvalue weighted by atomic mass is 15.0. The van der Waals surface area contributed by atoms with E-state index in [0.29, 0.717) is 0 Å². The first-order chi connectivity index (χ1) is 28.3. The number of hydrogen-bond donors (Lipinski definition) is 1. The Hall–Kier alpha value is -7.50. The first-order valence-corrected chi connectivity index (χ1v) is 19.5. The number of para-hydroxylation sites is 1. The van der Waals surface area contributed by atoms with E-state index in [2.05, 4.69) is 201 Å². The molecule has 0 bridgehead atoms. The average molecular weight is 730 g/mol. The van der Waals surface area contributed by atoms with Crippen LogP contribution in [-0.2, 0) is 5.41 Å². The third-order valence-corrected chi connectivity index (χ3v) is 12.1. The molecule has 0 saturated carbocycles. The molecule has 5 nitrogen and oxygen atoms in total. The van der Waals surface area contributed by atoms with Gasteiger partial charge in [-0.1, -0.05) is 133 Å². The molecule has 5 heteroatoms. The van der Waals surface area contributed by atoms with Crippen molar-refractivity contribution in [1.82, 2.24) is 19.1 Å². The van der Waals surface area contributed by atoms with Crippen LogP contribution in [-0.4, -0.2) is 25.6 Å². The van der Waals surface area contributed by atoms with Crippen molar-refractivity contribution in [3.63, 3.8) is 0 Å². The second kappa shape index (κ2) is 12.3. The van der Waals surface area contributed by atoms with Gasteiger partial charge in [0, 0.05) is 52.2 Å². The molecule has 0 spiro atoms. The molecular weight excluding hydrogens is 695 g/mol. The Morgan fingerprint density at radius 2 is 1.18 bits per heavy atom. The van der Waals surface area contributed by atoms with Gasteiger partial charge >= 0.3 is 0 Å². The SMILES string of the molecule is C1=Cc2c(c3cnccc3n2-c2ccc(-c3ccc(-n4c5ccccc5c5nc6c(cc54)C(c4ccccc4)(c4ccccc4)c4ccccc4-6)cc3)cc2)NC1. The highest BCUT2D eigenvalue weighted by molar-refractivity contribution is 6.09. The van der Waals surface area contributed by atoms with Gasteiger partial charge in [-0.25, -0.2) is 4.98 Å². The largest absolute Gasteiger partial charge is 0.379 e. The van der Waals surface area contributed by atoms with Crippen LogP contribution in [0.2, 0.25) is 0 Å². The summed E-state index contributed by atoms with van der Waals surface area (Å²) < 4.78 is 4.71. The number of pyridine rings is 2. The molecule has 1 N–H and O–H groups in total. The molecule has 0 amide bonds. The van der Waals surface area contributed by atoms with E-state index < -0.39 is 5.41 Å². The van der Waals surface area contributed by atoms with Crippen molar-refractivity contribution in [3.05, 3.63) is 216 Å². The van der Waals surface area contributed by atoms with E-state index in [1.807, 2.05) is 12.4 Å². The second-order valence-corrected chi connectivity index (χ2v) is 15.0. The van der Waals surface area contributed by atoms with Gasteiger partial charge in [0.2, 0.25) is 0 Å². The number of fused-ring (bicyclic) bond motifs is 9. The van der Waals surface area contributed by atoms with Crippen molar-refractivity contribution >= 4 is 44.6 Å². The number of benzene rings is 6. The van der Waals surface area contributed by atoms with Crippen molar-refractivity contribution in [1.29, 1.82) is 0 Å². The lowest BCUT2D eigenvalue weighted by molar-refractivity contribution is 0.767. The van der Waals surface area contributed by atoms with Crippen molar-refractivity contribution < 1.29 is 0 Å². The standard InChI is InChI=1S/C52H35N5/c1-3-12-36(13-4-1)52(37-14-5-2-6-15-37)43-18-9-7-16-40(43)49-44(52)32-48-51(55-49)41-17-8-10-19-45(41)57(48)39-27-23-35(24-28-39)34-21-25-38(26-22-34)56-46-29-31-53-33-42(46)50-47(56)20-11-30-54-50/h1-29,31-33,54H,30H2. The van der Waals surface area contributed by atoms with Crippen LogP contribution < -0.4 is 5.32 Å². The fourth-order valence-electron chi connectivity index (χ4n) is 9.68. The lowest BCUT2D eigenvalue weighted by atomic mass is 9.68. The molecule has 0 unspecified atom stereocenters. The molecule has 2 aliphatic rings. The van der Waals surface area contributed by atoms with Crippen LogP contribution in [0, 0.1) is 0 Å². The topological polar surface area (TPSA) is 47.7 Å². The monoisotopic (exact) mass is 729 g/mol. The Bertz CT molecular complexity index is 3170. The summed E-state index contributed by atoms with van der Waals surface area (Å²) in [7, 11) is 0. The number of nitrogens with one attached hydrogen (secondary N) is 1. The number of aromatic nitrogens is 4. The van der Waals surface area contributed by atoms with Crippen molar-refractivity contribution in [2.75, 3.05) is 11.9 Å². The molecule has 0 saturated heterocycles. The van der Waals surface area contributed by atoms with Gasteiger partial charge < -0.3 is 14.5 Å². The van der Waals surface area contributed by atoms with Crippen LogP contribution in [0.25, 0.3) is 72.7 Å². The van der Waals surface area contributed by atoms with Crippen LogP contribution in [0.3, 0.4) is 0 Å². The zero-order valence-electron chi connectivity index (χ0n) is 31.0. The van der Waals surface area contributed by atoms with E-state index in [1.54, 1.807) is 0 Å². The first-order valence-electron chi connectivity index (χ1n) is 19.5. The lowest BCUT2D eigenvalue weighted by Crippen LogP contribution is -2.28. The lowest BCUT2D eigenvalue weighted by Gasteiger charge is -2.33. The summed E-state index contributed by atoms with van der Waals surface area (Å²) in [5, 5.41) is 5.83. The Morgan fingerprint density at radius 3 is 1.91 bits per heavy atom. The van der Waals surface area contributed by atoms with Crippen molar-refractivity contribution in [2.24, 2.45) is 0 Å². The summed E-state index contributed by atoms with van der Waals surface area (Å²) in [5.41, 5.74) is 17.9. The minimum atomic E-state index is -0.525. The van der Waals surface area contributed by atoms with Crippen LogP contribution in [0.4, 0.5) is 5.69 Å². The predicted octanol–water partition coefficient (Wildman–Crippen LogP) is 12.0. The van der Waals surface area contributed by atoms with E-state index in [-0.39, 0.29) is 0 Å². The molecular formula is C52H35N5. The summed E-state index contributed by atoms with van der Waals surface area (Å²) in [6.45, 7) is 0.819. The van der Waals surface area contributed by atoms with E-state index >= 15 is 0 Å². The number of nitrogens with zero attached hydrogens (tertiary/aromatic N) is 4. The molecule has 1 aliphatic carbocycles. The van der Waals surface area contributed by atoms with E-state index in [1.165, 1.54) is 33.4 Å². The van der Waals surface area contributed by atoms with Crippen LogP contribution in [0.15, 0.2) is 188 Å². The summed E-state index contributed by atoms with van der Waals surface area (Å²) in [6.07, 6.45) is 8.20. The van der Waals surface area contributed by atoms with Gasteiger partial charge in [0.1, 0.15) is 0 Å². The maximum absolute atomic E-state index is 5.62. The smallest absolute Gasteiger partial charge is 0.0971 e. The summed E-state index contributed by atoms with van der Waals surface area (Å²) in [6, 6.07) is 61.8. The molecule has 12 rings (SSSR count). The van der Waals surface area contributed by atoms with Gasteiger partial charge in [-0.05, 0) is 76.4 Å². The quantitative estimate of drug-likeness (QED) is 0.192. The Balaban J connectivity index is 1.01. The molecule has 0 fully saturated rings. The zero-order chi connectivity index (χ0) is 37.5. The molecule has 5 heterocycles. The minimum absolute atomic E-state index is 0.525. The number of hydrogen-bond acceptors (Lipinski definition) is 3. The summed E-state index contributed by atoms with van der Waals surface area (Å²) in [4.78, 5) is 10.0. The third kappa shape index (κ3) is 4.51. The van der Waals surface area contributed by atoms with E-state index in [9.17, 15) is 0 Å². The third-order valence-electron chi connectivity index (χ3n) is 12.1. The van der Waals surface area contributed by atoms with E-state index in [4.69, 9.17) is 4.98 Å². The summed E-state index contributed by atoms with van der Waals surface area (Å²) in [5.74, 6) is 0. The van der Waals surface area contributed by atoms with Gasteiger partial charge in [0.05, 0.1) is 44.6 Å². The molecule has 4 aromatic heterocycles. The molecule has 1 aliphatic heterocycles. The van der Waals surface area contributed by atoms with Gasteiger partial charge in [-0.15, -0.1) is 0 Å². The minimum Gasteiger partial charge on any atom is -0.379 e. The van der Waals surface area contributed by atoms with E-state index in [0.717, 1.165) is 73.4 Å². The maximum Gasteiger partial charge on any atom is 0.0971 e. The van der Waals surface area contributed by atoms with Crippen molar-refractivity contribution in [3.8, 4) is 33.8 Å². The van der Waals surface area contributed by atoms with Gasteiger partial charge in [-0.3, -0.25) is 4.98 Å². The van der Waals surface area contributed by atoms with Gasteiger partial charge in [0.25, 0.3) is 0 Å². The fourth-order valence-corrected chi connectivity index (χ4v) is 9.68. The highest BCUT2D eigenvalue weighted by Crippen LogP contribution is 2.56. The first kappa shape index (κ1) is 31.8. The van der Waals surface area contributed by atoms with Gasteiger partial charge in [0.15, 0.2) is 0 Å². The molecule has 6 aromatic carbocycles. The maximum atomic E-state index is 5.62. The Morgan fingerprint density at radius 1 is 0.544 bits per heavy atom. The Kier molecular flexibility index (Phi) is 6.84. The number of rotatable bonds is 5. The van der Waals surface area contributed by atoms with Crippen molar-refractivity contribution in [2.45, 2.75) is 5.41 Å². The molecule has 0 radical (unpaired) electrons. The molecule has 10 aromatic rings. The fraction of sp³-hybridized carbons (Fsp3) is 0.0385. The van der Waals surface area contributed by atoms with Gasteiger partial charge in [-0.2, -0.15) is 0 Å². The normalized spacial score (nSPS) is 13.8. The van der Waals surface area contributed by atoms with Crippen LogP contribution in [0.1, 0.15) is 27.9 Å². The zero-order valence-corrected chi connectivity index (χ0v) is 31.0. The average Bonchev–Trinajstić information content (AvgIpc) is 3.90. The Labute approximate surface area is 329 Å². The number of anilines is 1. The molecule has 57 heavy (non-hydrogen) atoms.